The Morgan fingerprint density at radius 2 is 1.96 bits per heavy atom. The molecule has 0 amide bonds. The van der Waals surface area contributed by atoms with Crippen molar-refractivity contribution in [3.63, 3.8) is 0 Å². The van der Waals surface area contributed by atoms with Gasteiger partial charge in [-0.25, -0.2) is 13.8 Å². The number of hydrogen-bond donors (Lipinski definition) is 1. The van der Waals surface area contributed by atoms with Gasteiger partial charge in [0.05, 0.1) is 10.7 Å². The maximum absolute atomic E-state index is 13.2. The first-order valence-electron chi connectivity index (χ1n) is 7.21. The van der Waals surface area contributed by atoms with Crippen molar-refractivity contribution in [2.45, 2.75) is 0 Å². The molecule has 1 N–H and O–H groups in total. The van der Waals surface area contributed by atoms with E-state index in [1.807, 2.05) is 6.07 Å². The SMILES string of the molecule is N#C/C(=C/Nc1ccc(F)c(F)c1)c1nc(-c2ccc(Cl)cc2Cl)cs1. The van der Waals surface area contributed by atoms with Crippen LogP contribution >= 0.6 is 34.5 Å². The first kappa shape index (κ1) is 18.3. The van der Waals surface area contributed by atoms with Crippen molar-refractivity contribution in [2.75, 3.05) is 5.32 Å². The molecule has 0 spiro atoms. The van der Waals surface area contributed by atoms with E-state index >= 15 is 0 Å². The summed E-state index contributed by atoms with van der Waals surface area (Å²) in [4.78, 5) is 4.41. The molecule has 0 saturated carbocycles. The second kappa shape index (κ2) is 7.83. The third kappa shape index (κ3) is 4.02. The highest BCUT2D eigenvalue weighted by atomic mass is 35.5. The number of nitrogens with zero attached hydrogens (tertiary/aromatic N) is 2. The summed E-state index contributed by atoms with van der Waals surface area (Å²) in [7, 11) is 0. The molecule has 0 unspecified atom stereocenters. The monoisotopic (exact) mass is 407 g/mol. The Balaban J connectivity index is 1.86. The minimum Gasteiger partial charge on any atom is -0.360 e. The smallest absolute Gasteiger partial charge is 0.160 e. The Labute approximate surface area is 162 Å². The Kier molecular flexibility index (Phi) is 5.52. The predicted molar refractivity (Wildman–Crippen MR) is 101 cm³/mol. The van der Waals surface area contributed by atoms with E-state index in [9.17, 15) is 14.0 Å². The van der Waals surface area contributed by atoms with Crippen LogP contribution in [0.1, 0.15) is 5.01 Å². The summed E-state index contributed by atoms with van der Waals surface area (Å²) in [5.41, 5.74) is 1.87. The van der Waals surface area contributed by atoms with E-state index in [0.717, 1.165) is 12.1 Å². The number of aromatic nitrogens is 1. The van der Waals surface area contributed by atoms with Gasteiger partial charge in [-0.05, 0) is 30.3 Å². The summed E-state index contributed by atoms with van der Waals surface area (Å²) in [5.74, 6) is -1.92. The molecular weight excluding hydrogens is 399 g/mol. The van der Waals surface area contributed by atoms with E-state index in [0.29, 0.717) is 32.0 Å². The normalized spacial score (nSPS) is 11.3. The van der Waals surface area contributed by atoms with Crippen molar-refractivity contribution >= 4 is 45.8 Å². The highest BCUT2D eigenvalue weighted by Gasteiger charge is 2.12. The molecular formula is C18H9Cl2F2N3S. The predicted octanol–water partition coefficient (Wildman–Crippen LogP) is 6.37. The molecule has 0 bridgehead atoms. The average molecular weight is 408 g/mol. The molecule has 3 rings (SSSR count). The lowest BCUT2D eigenvalue weighted by molar-refractivity contribution is 0.509. The number of halogens is 4. The van der Waals surface area contributed by atoms with Crippen LogP contribution in [0.25, 0.3) is 16.8 Å². The largest absolute Gasteiger partial charge is 0.360 e. The molecule has 0 saturated heterocycles. The van der Waals surface area contributed by atoms with Crippen LogP contribution < -0.4 is 5.32 Å². The van der Waals surface area contributed by atoms with Crippen molar-refractivity contribution in [3.8, 4) is 17.3 Å². The fourth-order valence-corrected chi connectivity index (χ4v) is 3.39. The van der Waals surface area contributed by atoms with Crippen LogP contribution in [-0.2, 0) is 0 Å². The number of benzene rings is 2. The van der Waals surface area contributed by atoms with Crippen LogP contribution in [0.3, 0.4) is 0 Å². The van der Waals surface area contributed by atoms with Crippen LogP contribution in [0.15, 0.2) is 48.0 Å². The molecule has 3 aromatic rings. The lowest BCUT2D eigenvalue weighted by atomic mass is 10.2. The van der Waals surface area contributed by atoms with Crippen molar-refractivity contribution in [1.82, 2.24) is 4.98 Å². The van der Waals surface area contributed by atoms with Gasteiger partial charge in [0.2, 0.25) is 0 Å². The summed E-state index contributed by atoms with van der Waals surface area (Å²) in [6.45, 7) is 0. The number of allylic oxidation sites excluding steroid dienone is 1. The molecule has 0 radical (unpaired) electrons. The van der Waals surface area contributed by atoms with Gasteiger partial charge in [0.15, 0.2) is 11.6 Å². The first-order valence-corrected chi connectivity index (χ1v) is 8.84. The number of thiazole rings is 1. The lowest BCUT2D eigenvalue weighted by Crippen LogP contribution is -1.93. The van der Waals surface area contributed by atoms with Gasteiger partial charge in [0, 0.05) is 33.9 Å². The Morgan fingerprint density at radius 3 is 2.65 bits per heavy atom. The molecule has 0 aliphatic heterocycles. The van der Waals surface area contributed by atoms with Gasteiger partial charge in [0.25, 0.3) is 0 Å². The molecule has 0 aliphatic rings. The highest BCUT2D eigenvalue weighted by Crippen LogP contribution is 2.32. The number of nitrogens with one attached hydrogen (secondary N) is 1. The molecule has 8 heteroatoms. The molecule has 0 aliphatic carbocycles. The van der Waals surface area contributed by atoms with E-state index in [-0.39, 0.29) is 5.57 Å². The number of anilines is 1. The van der Waals surface area contributed by atoms with Crippen molar-refractivity contribution in [3.05, 3.63) is 74.7 Å². The lowest BCUT2D eigenvalue weighted by Gasteiger charge is -2.02. The zero-order valence-corrected chi connectivity index (χ0v) is 15.3. The molecule has 1 aromatic heterocycles. The minimum atomic E-state index is -0.976. The molecule has 2 aromatic carbocycles. The second-order valence-corrected chi connectivity index (χ2v) is 6.81. The topological polar surface area (TPSA) is 48.7 Å². The zero-order chi connectivity index (χ0) is 18.7. The third-order valence-electron chi connectivity index (χ3n) is 3.36. The molecule has 3 nitrogen and oxygen atoms in total. The molecule has 1 heterocycles. The summed E-state index contributed by atoms with van der Waals surface area (Å²) in [5, 5.41) is 15.3. The van der Waals surface area contributed by atoms with E-state index in [1.54, 1.807) is 23.6 Å². The van der Waals surface area contributed by atoms with Gasteiger partial charge in [-0.3, -0.25) is 0 Å². The van der Waals surface area contributed by atoms with Gasteiger partial charge >= 0.3 is 0 Å². The van der Waals surface area contributed by atoms with Crippen LogP contribution in [0.4, 0.5) is 14.5 Å². The minimum absolute atomic E-state index is 0.246. The maximum atomic E-state index is 13.2. The third-order valence-corrected chi connectivity index (χ3v) is 4.79. The Morgan fingerprint density at radius 1 is 1.15 bits per heavy atom. The number of hydrogen-bond acceptors (Lipinski definition) is 4. The van der Waals surface area contributed by atoms with Gasteiger partial charge in [0.1, 0.15) is 16.6 Å². The second-order valence-electron chi connectivity index (χ2n) is 5.11. The van der Waals surface area contributed by atoms with Crippen molar-refractivity contribution < 1.29 is 8.78 Å². The van der Waals surface area contributed by atoms with Crippen molar-refractivity contribution in [2.24, 2.45) is 0 Å². The van der Waals surface area contributed by atoms with E-state index in [4.69, 9.17) is 23.2 Å². The van der Waals surface area contributed by atoms with E-state index in [2.05, 4.69) is 10.3 Å². The summed E-state index contributed by atoms with van der Waals surface area (Å²) < 4.78 is 26.2. The highest BCUT2D eigenvalue weighted by molar-refractivity contribution is 7.11. The van der Waals surface area contributed by atoms with E-state index < -0.39 is 11.6 Å². The van der Waals surface area contributed by atoms with Gasteiger partial charge in [-0.15, -0.1) is 11.3 Å². The molecule has 0 fully saturated rings. The number of rotatable bonds is 4. The van der Waals surface area contributed by atoms with Crippen LogP contribution in [0.2, 0.25) is 10.0 Å². The van der Waals surface area contributed by atoms with Gasteiger partial charge in [-0.1, -0.05) is 23.2 Å². The molecule has 130 valence electrons. The van der Waals surface area contributed by atoms with Crippen molar-refractivity contribution in [1.29, 1.82) is 5.26 Å². The Bertz CT molecular complexity index is 1040. The number of nitriles is 1. The Hall–Kier alpha value is -2.46. The standard InChI is InChI=1S/C18H9Cl2F2N3S/c19-11-1-3-13(14(20)5-11)17-9-26-18(25-17)10(7-23)8-24-12-2-4-15(21)16(22)6-12/h1-6,8-9,24H/b10-8-. The summed E-state index contributed by atoms with van der Waals surface area (Å²) in [6.07, 6.45) is 1.39. The quantitative estimate of drug-likeness (QED) is 0.510. The molecule has 26 heavy (non-hydrogen) atoms. The summed E-state index contributed by atoms with van der Waals surface area (Å²) in [6, 6.07) is 10.5. The van der Waals surface area contributed by atoms with Crippen LogP contribution in [0, 0.1) is 23.0 Å². The van der Waals surface area contributed by atoms with E-state index in [1.165, 1.54) is 23.6 Å². The summed E-state index contributed by atoms with van der Waals surface area (Å²) >= 11 is 13.3. The first-order chi connectivity index (χ1) is 12.5. The van der Waals surface area contributed by atoms with Crippen LogP contribution in [0.5, 0.6) is 0 Å². The van der Waals surface area contributed by atoms with Gasteiger partial charge in [-0.2, -0.15) is 5.26 Å². The average Bonchev–Trinajstić information content (AvgIpc) is 3.08. The van der Waals surface area contributed by atoms with Gasteiger partial charge < -0.3 is 5.32 Å². The maximum Gasteiger partial charge on any atom is 0.160 e. The fourth-order valence-electron chi connectivity index (χ4n) is 2.10. The molecule has 0 atom stereocenters. The zero-order valence-electron chi connectivity index (χ0n) is 12.9. The van der Waals surface area contributed by atoms with Crippen LogP contribution in [-0.4, -0.2) is 4.98 Å². The fraction of sp³-hybridized carbons (Fsp3) is 0.